The number of hydrogen-bond donors (Lipinski definition) is 2. The van der Waals surface area contributed by atoms with Gasteiger partial charge in [0.2, 0.25) is 0 Å². The molecule has 0 radical (unpaired) electrons. The van der Waals surface area contributed by atoms with Gasteiger partial charge in [0.25, 0.3) is 0 Å². The van der Waals surface area contributed by atoms with Gasteiger partial charge in [-0.05, 0) is 33.4 Å². The normalized spacial score (nSPS) is 8.80. The van der Waals surface area contributed by atoms with Gasteiger partial charge in [0.1, 0.15) is 6.29 Å². The number of aldehydes is 1. The van der Waals surface area contributed by atoms with Crippen LogP contribution in [0.2, 0.25) is 0 Å². The second-order valence-electron chi connectivity index (χ2n) is 3.77. The first kappa shape index (κ1) is 27.1. The highest BCUT2D eigenvalue weighted by Gasteiger charge is 1.89. The van der Waals surface area contributed by atoms with Gasteiger partial charge in [-0.2, -0.15) is 0 Å². The molecule has 0 aliphatic carbocycles. The zero-order valence-corrected chi connectivity index (χ0v) is 14.0. The molecule has 118 valence electrons. The number of hydrogen-bond acceptors (Lipinski definition) is 3. The predicted octanol–water partition coefficient (Wildman–Crippen LogP) is 3.04. The molecule has 0 aromatic carbocycles. The Balaban J connectivity index is -0.0000000927. The minimum atomic E-state index is 0.345. The van der Waals surface area contributed by atoms with Crippen molar-refractivity contribution in [3.8, 4) is 12.3 Å². The molecule has 0 rings (SSSR count). The fourth-order valence-electron chi connectivity index (χ4n) is 0.638. The van der Waals surface area contributed by atoms with Crippen LogP contribution in [-0.4, -0.2) is 33.0 Å². The summed E-state index contributed by atoms with van der Waals surface area (Å²) in [5, 5.41) is 6.23. The molecule has 0 saturated heterocycles. The zero-order valence-electron chi connectivity index (χ0n) is 14.0. The van der Waals surface area contributed by atoms with Crippen LogP contribution in [0.4, 0.5) is 0 Å². The third-order valence-corrected chi connectivity index (χ3v) is 1.67. The van der Waals surface area contributed by atoms with E-state index in [4.69, 9.17) is 0 Å². The summed E-state index contributed by atoms with van der Waals surface area (Å²) in [4.78, 5) is 9.73. The molecular weight excluding hydrogens is 248 g/mol. The SMILES string of the molecule is C#CC.C=CC.C=CC(C)CC=O.CCNCCNC. The summed E-state index contributed by atoms with van der Waals surface area (Å²) in [6.45, 7) is 17.7. The van der Waals surface area contributed by atoms with Gasteiger partial charge in [-0.1, -0.05) is 26.0 Å². The number of allylic oxidation sites excluding steroid dienone is 2. The fourth-order valence-corrected chi connectivity index (χ4v) is 0.638. The Kier molecular flexibility index (Phi) is 48.8. The molecule has 0 fully saturated rings. The highest BCUT2D eigenvalue weighted by Crippen LogP contribution is 1.96. The van der Waals surface area contributed by atoms with Gasteiger partial charge in [0.05, 0.1) is 0 Å². The lowest BCUT2D eigenvalue weighted by Crippen LogP contribution is -2.24. The first-order valence-electron chi connectivity index (χ1n) is 6.91. The molecule has 0 bridgehead atoms. The van der Waals surface area contributed by atoms with Gasteiger partial charge in [0.15, 0.2) is 0 Å². The molecule has 3 nitrogen and oxygen atoms in total. The lowest BCUT2D eigenvalue weighted by molar-refractivity contribution is -0.108. The standard InChI is InChI=1S/C6H10O.C5H14N2.C3H6.C3H4/c1-3-6(2)4-5-7;1-3-7-5-4-6-2;2*1-3-2/h3,5-6H,1,4H2,2H3;6-7H,3-5H2,1-2H3;3H,1H2,2H3;1H,2H3. The maximum Gasteiger partial charge on any atom is 0.120 e. The summed E-state index contributed by atoms with van der Waals surface area (Å²) >= 11 is 0. The number of carbonyl (C=O) groups excluding carboxylic acids is 1. The topological polar surface area (TPSA) is 41.1 Å². The van der Waals surface area contributed by atoms with E-state index in [2.05, 4.69) is 43.1 Å². The van der Waals surface area contributed by atoms with Crippen LogP contribution in [0, 0.1) is 18.3 Å². The summed E-state index contributed by atoms with van der Waals surface area (Å²) in [5.74, 6) is 2.59. The largest absolute Gasteiger partial charge is 0.318 e. The van der Waals surface area contributed by atoms with Crippen molar-refractivity contribution < 1.29 is 4.79 Å². The Morgan fingerprint density at radius 3 is 2.00 bits per heavy atom. The Labute approximate surface area is 126 Å². The van der Waals surface area contributed by atoms with Crippen LogP contribution in [0.3, 0.4) is 0 Å². The maximum atomic E-state index is 9.73. The lowest BCUT2D eigenvalue weighted by Gasteiger charge is -1.96. The van der Waals surface area contributed by atoms with Gasteiger partial charge in [0, 0.05) is 19.5 Å². The first-order chi connectivity index (χ1) is 9.55. The van der Waals surface area contributed by atoms with Gasteiger partial charge >= 0.3 is 0 Å². The Hall–Kier alpha value is -1.37. The maximum absolute atomic E-state index is 9.73. The molecule has 2 N–H and O–H groups in total. The Bertz CT molecular complexity index is 216. The second-order valence-corrected chi connectivity index (χ2v) is 3.77. The molecule has 0 amide bonds. The van der Waals surface area contributed by atoms with Crippen molar-refractivity contribution in [2.45, 2.75) is 34.1 Å². The molecule has 1 atom stereocenters. The average Bonchev–Trinajstić information content (AvgIpc) is 2.42. The van der Waals surface area contributed by atoms with Crippen molar-refractivity contribution in [1.29, 1.82) is 0 Å². The summed E-state index contributed by atoms with van der Waals surface area (Å²) in [6.07, 6.45) is 9.63. The van der Waals surface area contributed by atoms with E-state index in [1.165, 1.54) is 0 Å². The molecule has 3 heteroatoms. The van der Waals surface area contributed by atoms with Crippen LogP contribution in [0.15, 0.2) is 25.3 Å². The lowest BCUT2D eigenvalue weighted by atomic mass is 10.1. The Morgan fingerprint density at radius 2 is 1.80 bits per heavy atom. The number of nitrogens with one attached hydrogen (secondary N) is 2. The van der Waals surface area contributed by atoms with E-state index >= 15 is 0 Å². The Morgan fingerprint density at radius 1 is 1.35 bits per heavy atom. The smallest absolute Gasteiger partial charge is 0.120 e. The highest BCUT2D eigenvalue weighted by atomic mass is 16.1. The molecule has 20 heavy (non-hydrogen) atoms. The van der Waals surface area contributed by atoms with Crippen molar-refractivity contribution in [2.75, 3.05) is 26.7 Å². The van der Waals surface area contributed by atoms with Crippen molar-refractivity contribution in [3.05, 3.63) is 25.3 Å². The quantitative estimate of drug-likeness (QED) is 0.326. The molecule has 0 aromatic heterocycles. The van der Waals surface area contributed by atoms with Crippen LogP contribution in [0.1, 0.15) is 34.1 Å². The van der Waals surface area contributed by atoms with E-state index in [0.29, 0.717) is 12.3 Å². The van der Waals surface area contributed by atoms with E-state index in [1.807, 2.05) is 20.9 Å². The van der Waals surface area contributed by atoms with Crippen LogP contribution in [0.25, 0.3) is 0 Å². The highest BCUT2D eigenvalue weighted by molar-refractivity contribution is 5.49. The molecule has 1 unspecified atom stereocenters. The minimum absolute atomic E-state index is 0.345. The van der Waals surface area contributed by atoms with Gasteiger partial charge in [-0.25, -0.2) is 0 Å². The van der Waals surface area contributed by atoms with E-state index in [-0.39, 0.29) is 0 Å². The van der Waals surface area contributed by atoms with E-state index in [9.17, 15) is 4.79 Å². The number of terminal acetylenes is 1. The summed E-state index contributed by atoms with van der Waals surface area (Å²) in [7, 11) is 1.96. The third kappa shape index (κ3) is 69.8. The first-order valence-corrected chi connectivity index (χ1v) is 6.91. The third-order valence-electron chi connectivity index (χ3n) is 1.67. The van der Waals surface area contributed by atoms with E-state index in [0.717, 1.165) is 25.9 Å². The molecule has 0 spiro atoms. The van der Waals surface area contributed by atoms with Crippen molar-refractivity contribution in [1.82, 2.24) is 10.6 Å². The molecule has 0 aliphatic heterocycles. The zero-order chi connectivity index (χ0) is 16.6. The van der Waals surface area contributed by atoms with Crippen LogP contribution in [-0.2, 0) is 4.79 Å². The van der Waals surface area contributed by atoms with Gasteiger partial charge in [-0.3, -0.25) is 0 Å². The molecular formula is C17H34N2O. The van der Waals surface area contributed by atoms with Crippen LogP contribution in [0.5, 0.6) is 0 Å². The number of likely N-dealkylation sites (N-methyl/N-ethyl adjacent to an activating group) is 2. The second kappa shape index (κ2) is 36.0. The minimum Gasteiger partial charge on any atom is -0.318 e. The summed E-state index contributed by atoms with van der Waals surface area (Å²) in [5.41, 5.74) is 0. The van der Waals surface area contributed by atoms with Gasteiger partial charge in [-0.15, -0.1) is 25.5 Å². The monoisotopic (exact) mass is 282 g/mol. The van der Waals surface area contributed by atoms with Crippen molar-refractivity contribution in [3.63, 3.8) is 0 Å². The van der Waals surface area contributed by atoms with Gasteiger partial charge < -0.3 is 15.4 Å². The summed E-state index contributed by atoms with van der Waals surface area (Å²) < 4.78 is 0. The molecule has 0 saturated carbocycles. The fraction of sp³-hybridized carbons (Fsp3) is 0.588. The van der Waals surface area contributed by atoms with E-state index < -0.39 is 0 Å². The predicted molar refractivity (Wildman–Crippen MR) is 92.9 cm³/mol. The molecule has 0 heterocycles. The van der Waals surface area contributed by atoms with Crippen LogP contribution < -0.4 is 10.6 Å². The molecule has 0 aromatic rings. The van der Waals surface area contributed by atoms with E-state index in [1.54, 1.807) is 19.1 Å². The molecule has 0 aliphatic rings. The van der Waals surface area contributed by atoms with Crippen LogP contribution >= 0.6 is 0 Å². The summed E-state index contributed by atoms with van der Waals surface area (Å²) in [6, 6.07) is 0. The average molecular weight is 282 g/mol. The van der Waals surface area contributed by atoms with Crippen molar-refractivity contribution in [2.24, 2.45) is 5.92 Å². The van der Waals surface area contributed by atoms with Crippen molar-refractivity contribution >= 4 is 6.29 Å². The number of carbonyl (C=O) groups is 1. The number of rotatable bonds is 7.